The molecule has 114 valence electrons. The number of nitrogens with zero attached hydrogens (tertiary/aromatic N) is 1. The molecule has 0 spiro atoms. The number of hydrogen-bond acceptors (Lipinski definition) is 4. The van der Waals surface area contributed by atoms with Crippen LogP contribution in [-0.4, -0.2) is 28.2 Å². The minimum atomic E-state index is -0.870. The van der Waals surface area contributed by atoms with Gasteiger partial charge in [-0.2, -0.15) is 0 Å². The zero-order chi connectivity index (χ0) is 15.5. The highest BCUT2D eigenvalue weighted by molar-refractivity contribution is 5.93. The first-order chi connectivity index (χ1) is 10.6. The van der Waals surface area contributed by atoms with E-state index in [9.17, 15) is 9.59 Å². The Morgan fingerprint density at radius 3 is 2.73 bits per heavy atom. The number of aliphatic carboxylic acids is 1. The third-order valence-corrected chi connectivity index (χ3v) is 3.95. The molecule has 0 bridgehead atoms. The second-order valence-electron chi connectivity index (χ2n) is 5.40. The van der Waals surface area contributed by atoms with Gasteiger partial charge in [-0.25, -0.2) is 0 Å². The number of aromatic nitrogens is 1. The molecule has 1 amide bonds. The van der Waals surface area contributed by atoms with E-state index in [0.29, 0.717) is 18.5 Å². The van der Waals surface area contributed by atoms with Crippen LogP contribution in [0, 0.1) is 5.92 Å². The maximum absolute atomic E-state index is 12.2. The summed E-state index contributed by atoms with van der Waals surface area (Å²) < 4.78 is 5.08. The highest BCUT2D eigenvalue weighted by Crippen LogP contribution is 2.26. The Balaban J connectivity index is 1.71. The normalized spacial score (nSPS) is 20.7. The second kappa shape index (κ2) is 6.01. The van der Waals surface area contributed by atoms with E-state index in [1.54, 1.807) is 6.07 Å². The van der Waals surface area contributed by atoms with Crippen LogP contribution in [0.25, 0.3) is 11.3 Å². The molecule has 1 saturated carbocycles. The van der Waals surface area contributed by atoms with Crippen LogP contribution in [0.3, 0.4) is 0 Å². The van der Waals surface area contributed by atoms with Crippen molar-refractivity contribution in [2.75, 3.05) is 0 Å². The van der Waals surface area contributed by atoms with Crippen molar-refractivity contribution in [2.45, 2.75) is 25.3 Å². The van der Waals surface area contributed by atoms with Crippen molar-refractivity contribution >= 4 is 11.9 Å². The smallest absolute Gasteiger partial charge is 0.308 e. The Morgan fingerprint density at radius 2 is 2.00 bits per heavy atom. The average molecular weight is 300 g/mol. The van der Waals surface area contributed by atoms with Gasteiger partial charge in [0.05, 0.1) is 5.92 Å². The van der Waals surface area contributed by atoms with E-state index in [-0.39, 0.29) is 11.8 Å². The van der Waals surface area contributed by atoms with Crippen LogP contribution < -0.4 is 5.32 Å². The predicted molar refractivity (Wildman–Crippen MR) is 78.2 cm³/mol. The summed E-state index contributed by atoms with van der Waals surface area (Å²) in [5.74, 6) is -1.73. The summed E-state index contributed by atoms with van der Waals surface area (Å²) in [5.41, 5.74) is 1.43. The lowest BCUT2D eigenvalue weighted by atomic mass is 10.0. The number of nitrogens with one attached hydrogen (secondary N) is 1. The average Bonchev–Trinajstić information content (AvgIpc) is 3.17. The van der Waals surface area contributed by atoms with E-state index < -0.39 is 17.8 Å². The van der Waals surface area contributed by atoms with Crippen molar-refractivity contribution in [2.24, 2.45) is 5.92 Å². The van der Waals surface area contributed by atoms with Gasteiger partial charge in [0.25, 0.3) is 5.91 Å². The number of carboxylic acids is 1. The Bertz CT molecular complexity index is 680. The van der Waals surface area contributed by atoms with Crippen molar-refractivity contribution in [3.8, 4) is 11.3 Å². The molecule has 2 atom stereocenters. The van der Waals surface area contributed by atoms with Crippen molar-refractivity contribution in [3.63, 3.8) is 0 Å². The fraction of sp³-hybridized carbons (Fsp3) is 0.312. The van der Waals surface area contributed by atoms with Crippen LogP contribution in [0.2, 0.25) is 0 Å². The lowest BCUT2D eigenvalue weighted by Crippen LogP contribution is -2.40. The van der Waals surface area contributed by atoms with Gasteiger partial charge in [0, 0.05) is 17.7 Å². The largest absolute Gasteiger partial charge is 0.481 e. The van der Waals surface area contributed by atoms with Gasteiger partial charge in [0.1, 0.15) is 5.69 Å². The lowest BCUT2D eigenvalue weighted by Gasteiger charge is -2.16. The fourth-order valence-electron chi connectivity index (χ4n) is 2.80. The molecule has 1 aromatic heterocycles. The second-order valence-corrected chi connectivity index (χ2v) is 5.40. The molecular weight excluding hydrogens is 284 g/mol. The zero-order valence-corrected chi connectivity index (χ0v) is 11.9. The Hall–Kier alpha value is -2.63. The molecule has 6 nitrogen and oxygen atoms in total. The monoisotopic (exact) mass is 300 g/mol. The number of rotatable bonds is 4. The highest BCUT2D eigenvalue weighted by Gasteiger charge is 2.34. The minimum absolute atomic E-state index is 0.0925. The summed E-state index contributed by atoms with van der Waals surface area (Å²) in [4.78, 5) is 23.3. The predicted octanol–water partition coefficient (Wildman–Crippen LogP) is 2.32. The number of carboxylic acid groups (broad SMARTS) is 1. The summed E-state index contributed by atoms with van der Waals surface area (Å²) in [7, 11) is 0. The van der Waals surface area contributed by atoms with E-state index >= 15 is 0 Å². The maximum Gasteiger partial charge on any atom is 0.308 e. The molecule has 0 aliphatic heterocycles. The molecule has 1 aliphatic carbocycles. The Labute approximate surface area is 127 Å². The molecule has 22 heavy (non-hydrogen) atoms. The third kappa shape index (κ3) is 2.86. The summed E-state index contributed by atoms with van der Waals surface area (Å²) in [6.07, 6.45) is 2.06. The first-order valence-corrected chi connectivity index (χ1v) is 7.21. The van der Waals surface area contributed by atoms with E-state index in [1.165, 1.54) is 0 Å². The van der Waals surface area contributed by atoms with Gasteiger partial charge in [0.15, 0.2) is 0 Å². The molecule has 1 aliphatic rings. The van der Waals surface area contributed by atoms with E-state index in [0.717, 1.165) is 12.0 Å². The standard InChI is InChI=1S/C16H16N2O4/c19-15(17-12-8-4-7-11(12)16(20)21)14-9-13(18-22-14)10-5-2-1-3-6-10/h1-3,5-6,9,11-12H,4,7-8H2,(H,17,19)(H,20,21)/t11-,12+/m1/s1. The fourth-order valence-corrected chi connectivity index (χ4v) is 2.80. The third-order valence-electron chi connectivity index (χ3n) is 3.95. The Kier molecular flexibility index (Phi) is 3.91. The molecule has 1 fully saturated rings. The van der Waals surface area contributed by atoms with Crippen LogP contribution in [0.5, 0.6) is 0 Å². The number of carbonyl (C=O) groups is 2. The van der Waals surface area contributed by atoms with E-state index in [1.807, 2.05) is 30.3 Å². The molecule has 0 unspecified atom stereocenters. The summed E-state index contributed by atoms with van der Waals surface area (Å²) in [6, 6.07) is 10.6. The SMILES string of the molecule is O=C(N[C@H]1CCC[C@H]1C(=O)O)c1cc(-c2ccccc2)no1. The summed E-state index contributed by atoms with van der Waals surface area (Å²) in [5, 5.41) is 15.8. The molecule has 1 heterocycles. The van der Waals surface area contributed by atoms with Gasteiger partial charge in [-0.15, -0.1) is 0 Å². The van der Waals surface area contributed by atoms with E-state index in [4.69, 9.17) is 9.63 Å². The molecule has 2 aromatic rings. The Morgan fingerprint density at radius 1 is 1.23 bits per heavy atom. The van der Waals surface area contributed by atoms with Crippen molar-refractivity contribution in [1.29, 1.82) is 0 Å². The van der Waals surface area contributed by atoms with Crippen molar-refractivity contribution in [3.05, 3.63) is 42.2 Å². The number of carbonyl (C=O) groups excluding carboxylic acids is 1. The number of benzene rings is 1. The molecule has 0 radical (unpaired) electrons. The van der Waals surface area contributed by atoms with Crippen molar-refractivity contribution in [1.82, 2.24) is 10.5 Å². The van der Waals surface area contributed by atoms with Gasteiger partial charge in [-0.3, -0.25) is 9.59 Å². The van der Waals surface area contributed by atoms with Gasteiger partial charge in [0.2, 0.25) is 5.76 Å². The topological polar surface area (TPSA) is 92.4 Å². The van der Waals surface area contributed by atoms with Crippen LogP contribution in [0.15, 0.2) is 40.9 Å². The van der Waals surface area contributed by atoms with Gasteiger partial charge >= 0.3 is 5.97 Å². The van der Waals surface area contributed by atoms with Crippen LogP contribution in [-0.2, 0) is 4.79 Å². The molecular formula is C16H16N2O4. The highest BCUT2D eigenvalue weighted by atomic mass is 16.5. The van der Waals surface area contributed by atoms with Crippen LogP contribution >= 0.6 is 0 Å². The first-order valence-electron chi connectivity index (χ1n) is 7.21. The van der Waals surface area contributed by atoms with Crippen LogP contribution in [0.1, 0.15) is 29.8 Å². The zero-order valence-electron chi connectivity index (χ0n) is 11.9. The molecule has 1 aromatic carbocycles. The molecule has 2 N–H and O–H groups in total. The van der Waals surface area contributed by atoms with Gasteiger partial charge < -0.3 is 14.9 Å². The number of hydrogen-bond donors (Lipinski definition) is 2. The quantitative estimate of drug-likeness (QED) is 0.904. The first kappa shape index (κ1) is 14.3. The molecule has 0 saturated heterocycles. The minimum Gasteiger partial charge on any atom is -0.481 e. The summed E-state index contributed by atoms with van der Waals surface area (Å²) >= 11 is 0. The molecule has 3 rings (SSSR count). The van der Waals surface area contributed by atoms with E-state index in [2.05, 4.69) is 10.5 Å². The maximum atomic E-state index is 12.2. The van der Waals surface area contributed by atoms with Crippen LogP contribution in [0.4, 0.5) is 0 Å². The molecule has 6 heteroatoms. The van der Waals surface area contributed by atoms with Crippen molar-refractivity contribution < 1.29 is 19.2 Å². The van der Waals surface area contributed by atoms with Gasteiger partial charge in [-0.05, 0) is 12.8 Å². The summed E-state index contributed by atoms with van der Waals surface area (Å²) in [6.45, 7) is 0. The lowest BCUT2D eigenvalue weighted by molar-refractivity contribution is -0.142. The van der Waals surface area contributed by atoms with Gasteiger partial charge in [-0.1, -0.05) is 41.9 Å². The number of amides is 1.